The molecule has 0 bridgehead atoms. The predicted molar refractivity (Wildman–Crippen MR) is 87.5 cm³/mol. The topological polar surface area (TPSA) is 81.0 Å². The van der Waals surface area contributed by atoms with E-state index < -0.39 is 0 Å². The molecule has 0 radical (unpaired) electrons. The van der Waals surface area contributed by atoms with Gasteiger partial charge in [-0.15, -0.1) is 0 Å². The molecule has 3 aromatic rings. The Morgan fingerprint density at radius 1 is 1.42 bits per heavy atom. The van der Waals surface area contributed by atoms with E-state index >= 15 is 0 Å². The maximum Gasteiger partial charge on any atom is 0.148 e. The van der Waals surface area contributed by atoms with Crippen LogP contribution < -0.4 is 0 Å². The second kappa shape index (κ2) is 5.58. The van der Waals surface area contributed by atoms with Gasteiger partial charge in [0.15, 0.2) is 0 Å². The van der Waals surface area contributed by atoms with Crippen LogP contribution in [-0.4, -0.2) is 37.6 Å². The minimum absolute atomic E-state index is 0.178. The van der Waals surface area contributed by atoms with Gasteiger partial charge in [0.1, 0.15) is 10.8 Å². The summed E-state index contributed by atoms with van der Waals surface area (Å²) in [5.74, 6) is 0. The van der Waals surface area contributed by atoms with E-state index in [1.807, 2.05) is 16.9 Å². The molecule has 0 N–H and O–H groups in total. The van der Waals surface area contributed by atoms with Crippen molar-refractivity contribution in [2.24, 2.45) is 0 Å². The third-order valence-electron chi connectivity index (χ3n) is 4.66. The number of rotatable bonds is 4. The quantitative estimate of drug-likeness (QED) is 0.728. The summed E-state index contributed by atoms with van der Waals surface area (Å²) in [5, 5.41) is 18.2. The first kappa shape index (κ1) is 15.1. The van der Waals surface area contributed by atoms with Crippen molar-refractivity contribution in [3.8, 4) is 17.3 Å². The number of nitriles is 1. The van der Waals surface area contributed by atoms with Crippen molar-refractivity contribution in [2.75, 3.05) is 7.11 Å². The zero-order valence-corrected chi connectivity index (χ0v) is 13.8. The van der Waals surface area contributed by atoms with Crippen molar-refractivity contribution in [3.63, 3.8) is 0 Å². The fraction of sp³-hybridized carbons (Fsp3) is 0.375. The molecule has 1 aliphatic rings. The third kappa shape index (κ3) is 2.27. The van der Waals surface area contributed by atoms with Crippen molar-refractivity contribution in [2.45, 2.75) is 30.9 Å². The maximum absolute atomic E-state index is 9.19. The lowest BCUT2D eigenvalue weighted by molar-refractivity contribution is -0.0542. The van der Waals surface area contributed by atoms with E-state index in [1.165, 1.54) is 0 Å². The zero-order valence-electron chi connectivity index (χ0n) is 13.1. The summed E-state index contributed by atoms with van der Waals surface area (Å²) in [6.45, 7) is 0. The molecule has 8 heteroatoms. The van der Waals surface area contributed by atoms with Gasteiger partial charge in [-0.05, 0) is 18.9 Å². The van der Waals surface area contributed by atoms with Crippen molar-refractivity contribution >= 4 is 17.1 Å². The van der Waals surface area contributed by atoms with Crippen LogP contribution in [0.3, 0.4) is 0 Å². The molecular formula is C16H15ClN6O. The Balaban J connectivity index is 1.74. The van der Waals surface area contributed by atoms with Crippen LogP contribution in [0, 0.1) is 11.3 Å². The SMILES string of the molecule is CO[C@H]1C[C@@](CC#N)(n2cc(-c3nc(Cl)cn4nccc34)cn2)C1. The number of fused-ring (bicyclic) bond motifs is 1. The van der Waals surface area contributed by atoms with Crippen molar-refractivity contribution in [3.05, 3.63) is 36.0 Å². The summed E-state index contributed by atoms with van der Waals surface area (Å²) in [5.41, 5.74) is 2.13. The molecule has 3 aromatic heterocycles. The fourth-order valence-corrected chi connectivity index (χ4v) is 3.51. The van der Waals surface area contributed by atoms with Gasteiger partial charge in [0.05, 0.1) is 48.2 Å². The van der Waals surface area contributed by atoms with Crippen LogP contribution in [0.2, 0.25) is 5.15 Å². The molecule has 1 aliphatic carbocycles. The number of ether oxygens (including phenoxy) is 1. The second-order valence-corrected chi connectivity index (χ2v) is 6.46. The molecule has 3 heterocycles. The summed E-state index contributed by atoms with van der Waals surface area (Å²) in [6.07, 6.45) is 9.19. The maximum atomic E-state index is 9.19. The van der Waals surface area contributed by atoms with Gasteiger partial charge in [0, 0.05) is 18.9 Å². The van der Waals surface area contributed by atoms with Crippen LogP contribution in [-0.2, 0) is 10.3 Å². The average molecular weight is 343 g/mol. The van der Waals surface area contributed by atoms with Crippen LogP contribution in [0.25, 0.3) is 16.8 Å². The molecular weight excluding hydrogens is 328 g/mol. The molecule has 0 amide bonds. The molecule has 0 spiro atoms. The zero-order chi connectivity index (χ0) is 16.7. The summed E-state index contributed by atoms with van der Waals surface area (Å²) >= 11 is 6.09. The van der Waals surface area contributed by atoms with Crippen LogP contribution in [0.15, 0.2) is 30.9 Å². The molecule has 24 heavy (non-hydrogen) atoms. The molecule has 1 fully saturated rings. The first-order chi connectivity index (χ1) is 11.6. The van der Waals surface area contributed by atoms with E-state index in [2.05, 4.69) is 21.3 Å². The van der Waals surface area contributed by atoms with Crippen LogP contribution in [0.4, 0.5) is 0 Å². The van der Waals surface area contributed by atoms with E-state index in [9.17, 15) is 5.26 Å². The Morgan fingerprint density at radius 2 is 2.25 bits per heavy atom. The minimum atomic E-state index is -0.303. The third-order valence-corrected chi connectivity index (χ3v) is 4.84. The molecule has 1 saturated carbocycles. The highest BCUT2D eigenvalue weighted by Crippen LogP contribution is 2.43. The molecule has 122 valence electrons. The van der Waals surface area contributed by atoms with Crippen LogP contribution >= 0.6 is 11.6 Å². The van der Waals surface area contributed by atoms with E-state index in [0.717, 1.165) is 29.6 Å². The van der Waals surface area contributed by atoms with E-state index in [1.54, 1.807) is 30.2 Å². The summed E-state index contributed by atoms with van der Waals surface area (Å²) in [4.78, 5) is 4.42. The number of nitrogens with zero attached hydrogens (tertiary/aromatic N) is 6. The molecule has 0 aromatic carbocycles. The van der Waals surface area contributed by atoms with Gasteiger partial charge in [0.25, 0.3) is 0 Å². The summed E-state index contributed by atoms with van der Waals surface area (Å²) in [7, 11) is 1.70. The van der Waals surface area contributed by atoms with Gasteiger partial charge in [-0.25, -0.2) is 9.50 Å². The standard InChI is InChI=1S/C16H15ClN6O/c1-24-12-6-16(7-12,3-4-18)23-9-11(8-20-23)15-13-2-5-19-22(13)10-14(17)21-15/h2,5,8-10,12H,3,6-7H2,1H3/t12-,16+. The Hall–Kier alpha value is -2.43. The normalized spacial score (nSPS) is 23.1. The molecule has 0 atom stereocenters. The highest BCUT2D eigenvalue weighted by atomic mass is 35.5. The van der Waals surface area contributed by atoms with Gasteiger partial charge in [-0.2, -0.15) is 15.5 Å². The lowest BCUT2D eigenvalue weighted by Gasteiger charge is -2.45. The van der Waals surface area contributed by atoms with Gasteiger partial charge < -0.3 is 4.74 Å². The first-order valence-electron chi connectivity index (χ1n) is 7.60. The van der Waals surface area contributed by atoms with Crippen LogP contribution in [0.1, 0.15) is 19.3 Å². The molecule has 0 aliphatic heterocycles. The Kier molecular flexibility index (Phi) is 3.52. The summed E-state index contributed by atoms with van der Waals surface area (Å²) in [6, 6.07) is 4.15. The number of aromatic nitrogens is 5. The lowest BCUT2D eigenvalue weighted by atomic mass is 9.72. The smallest absolute Gasteiger partial charge is 0.148 e. The Morgan fingerprint density at radius 3 is 3.00 bits per heavy atom. The van der Waals surface area contributed by atoms with E-state index in [0.29, 0.717) is 11.6 Å². The van der Waals surface area contributed by atoms with Crippen molar-refractivity contribution < 1.29 is 4.74 Å². The predicted octanol–water partition coefficient (Wildman–Crippen LogP) is 2.66. The van der Waals surface area contributed by atoms with E-state index in [-0.39, 0.29) is 11.6 Å². The van der Waals surface area contributed by atoms with Gasteiger partial charge in [-0.3, -0.25) is 4.68 Å². The highest BCUT2D eigenvalue weighted by Gasteiger charge is 2.46. The minimum Gasteiger partial charge on any atom is -0.381 e. The Bertz CT molecular complexity index is 934. The molecule has 4 rings (SSSR count). The van der Waals surface area contributed by atoms with Gasteiger partial charge >= 0.3 is 0 Å². The monoisotopic (exact) mass is 342 g/mol. The molecule has 0 unspecified atom stereocenters. The lowest BCUT2D eigenvalue weighted by Crippen LogP contribution is -2.50. The number of methoxy groups -OCH3 is 1. The van der Waals surface area contributed by atoms with Crippen molar-refractivity contribution in [1.29, 1.82) is 5.26 Å². The number of hydrogen-bond acceptors (Lipinski definition) is 5. The van der Waals surface area contributed by atoms with Gasteiger partial charge in [-0.1, -0.05) is 11.6 Å². The largest absolute Gasteiger partial charge is 0.381 e. The second-order valence-electron chi connectivity index (χ2n) is 6.07. The fourth-order valence-electron chi connectivity index (χ4n) is 3.33. The molecule has 0 saturated heterocycles. The number of halogens is 1. The van der Waals surface area contributed by atoms with Gasteiger partial charge in [0.2, 0.25) is 0 Å². The summed E-state index contributed by atoms with van der Waals surface area (Å²) < 4.78 is 8.94. The average Bonchev–Trinajstić information content (AvgIpc) is 3.18. The van der Waals surface area contributed by atoms with Crippen LogP contribution in [0.5, 0.6) is 0 Å². The highest BCUT2D eigenvalue weighted by molar-refractivity contribution is 6.29. The number of hydrogen-bond donors (Lipinski definition) is 0. The van der Waals surface area contributed by atoms with E-state index in [4.69, 9.17) is 16.3 Å². The first-order valence-corrected chi connectivity index (χ1v) is 7.98. The van der Waals surface area contributed by atoms with Crippen molar-refractivity contribution in [1.82, 2.24) is 24.4 Å². The Labute approximate surface area is 143 Å². The molecule has 7 nitrogen and oxygen atoms in total.